The lowest BCUT2D eigenvalue weighted by molar-refractivity contribution is -0.160. The Labute approximate surface area is 190 Å². The molecule has 0 spiro atoms. The van der Waals surface area contributed by atoms with Crippen LogP contribution in [-0.4, -0.2) is 61.0 Å². The first-order valence-electron chi connectivity index (χ1n) is 10.4. The van der Waals surface area contributed by atoms with Crippen LogP contribution in [0.1, 0.15) is 24.2 Å². The van der Waals surface area contributed by atoms with Crippen molar-refractivity contribution in [2.75, 3.05) is 39.3 Å². The molecule has 2 aromatic carbocycles. The summed E-state index contributed by atoms with van der Waals surface area (Å²) < 4.78 is 38.8. The summed E-state index contributed by atoms with van der Waals surface area (Å²) in [6.07, 6.45) is -0.474. The minimum absolute atomic E-state index is 0.128. The molecular weight excluding hydrogens is 442 g/mol. The van der Waals surface area contributed by atoms with Crippen molar-refractivity contribution >= 4 is 23.5 Å². The third kappa shape index (κ3) is 6.25. The van der Waals surface area contributed by atoms with Crippen LogP contribution in [0.25, 0.3) is 0 Å². The summed E-state index contributed by atoms with van der Waals surface area (Å²) in [6, 6.07) is 10.8. The molecule has 1 aliphatic heterocycles. The van der Waals surface area contributed by atoms with Gasteiger partial charge in [-0.25, -0.2) is 13.6 Å². The highest BCUT2D eigenvalue weighted by atomic mass is 35.5. The predicted molar refractivity (Wildman–Crippen MR) is 115 cm³/mol. The third-order valence-electron chi connectivity index (χ3n) is 5.27. The second kappa shape index (κ2) is 11.4. The van der Waals surface area contributed by atoms with Crippen molar-refractivity contribution in [2.45, 2.75) is 19.6 Å². The molecule has 0 aliphatic carbocycles. The Kier molecular flexibility index (Phi) is 8.55. The Morgan fingerprint density at radius 2 is 1.66 bits per heavy atom. The Morgan fingerprint density at radius 3 is 2.25 bits per heavy atom. The fraction of sp³-hybridized carbons (Fsp3) is 0.391. The van der Waals surface area contributed by atoms with E-state index >= 15 is 0 Å². The SMILES string of the molecule is CCOC(=O)C(=O)N1CCN(CC(OCc2c(F)cccc2F)c2ccc(Cl)cc2)CC1. The predicted octanol–water partition coefficient (Wildman–Crippen LogP) is 3.58. The molecule has 0 bridgehead atoms. The Hall–Kier alpha value is -2.55. The average Bonchev–Trinajstić information content (AvgIpc) is 2.78. The van der Waals surface area contributed by atoms with Crippen molar-refractivity contribution in [1.82, 2.24) is 9.80 Å². The zero-order valence-corrected chi connectivity index (χ0v) is 18.5. The van der Waals surface area contributed by atoms with Gasteiger partial charge in [-0.2, -0.15) is 0 Å². The molecule has 1 amide bonds. The van der Waals surface area contributed by atoms with Gasteiger partial charge in [-0.3, -0.25) is 9.69 Å². The summed E-state index contributed by atoms with van der Waals surface area (Å²) in [5.74, 6) is -2.82. The molecule has 9 heteroatoms. The lowest BCUT2D eigenvalue weighted by Crippen LogP contribution is -2.51. The molecule has 1 atom stereocenters. The van der Waals surface area contributed by atoms with Gasteiger partial charge in [0.05, 0.1) is 19.3 Å². The molecule has 1 fully saturated rings. The van der Waals surface area contributed by atoms with Crippen LogP contribution >= 0.6 is 11.6 Å². The highest BCUT2D eigenvalue weighted by molar-refractivity contribution is 6.32. The number of benzene rings is 2. The topological polar surface area (TPSA) is 59.1 Å². The van der Waals surface area contributed by atoms with Gasteiger partial charge in [0.2, 0.25) is 0 Å². The van der Waals surface area contributed by atoms with Crippen molar-refractivity contribution in [1.29, 1.82) is 0 Å². The van der Waals surface area contributed by atoms with Gasteiger partial charge in [-0.05, 0) is 36.8 Å². The van der Waals surface area contributed by atoms with E-state index in [1.165, 1.54) is 23.1 Å². The maximum atomic E-state index is 14.0. The van der Waals surface area contributed by atoms with E-state index in [9.17, 15) is 18.4 Å². The molecule has 0 saturated carbocycles. The molecule has 32 heavy (non-hydrogen) atoms. The summed E-state index contributed by atoms with van der Waals surface area (Å²) >= 11 is 5.99. The molecule has 1 aliphatic rings. The molecule has 1 saturated heterocycles. The van der Waals surface area contributed by atoms with E-state index < -0.39 is 29.6 Å². The number of carbonyl (C=O) groups excluding carboxylic acids is 2. The number of rotatable bonds is 7. The number of ether oxygens (including phenoxy) is 2. The molecule has 1 heterocycles. The van der Waals surface area contributed by atoms with Crippen molar-refractivity contribution in [3.63, 3.8) is 0 Å². The largest absolute Gasteiger partial charge is 0.459 e. The number of esters is 1. The quantitative estimate of drug-likeness (QED) is 0.461. The van der Waals surface area contributed by atoms with Crippen LogP contribution in [0, 0.1) is 11.6 Å². The van der Waals surface area contributed by atoms with Gasteiger partial charge >= 0.3 is 11.9 Å². The van der Waals surface area contributed by atoms with Crippen molar-refractivity contribution < 1.29 is 27.8 Å². The van der Waals surface area contributed by atoms with E-state index in [1.54, 1.807) is 19.1 Å². The minimum atomic E-state index is -0.852. The molecule has 1 unspecified atom stereocenters. The molecule has 0 aromatic heterocycles. The summed E-state index contributed by atoms with van der Waals surface area (Å²) in [4.78, 5) is 27.3. The number of hydrogen-bond acceptors (Lipinski definition) is 5. The first kappa shape index (κ1) is 24.1. The van der Waals surface area contributed by atoms with Gasteiger partial charge in [0.25, 0.3) is 0 Å². The zero-order valence-electron chi connectivity index (χ0n) is 17.7. The van der Waals surface area contributed by atoms with Gasteiger partial charge < -0.3 is 14.4 Å². The standard InChI is InChI=1S/C23H25ClF2N2O4/c1-2-31-23(30)22(29)28-12-10-27(11-13-28)14-21(16-6-8-17(24)9-7-16)32-15-18-19(25)4-3-5-20(18)26/h3-9,21H,2,10-15H2,1H3. The first-order valence-corrected chi connectivity index (χ1v) is 10.7. The van der Waals surface area contributed by atoms with E-state index in [0.717, 1.165) is 5.56 Å². The maximum absolute atomic E-state index is 14.0. The van der Waals surface area contributed by atoms with E-state index in [-0.39, 0.29) is 18.8 Å². The van der Waals surface area contributed by atoms with Crippen LogP contribution < -0.4 is 0 Å². The van der Waals surface area contributed by atoms with Crippen LogP contribution in [0.2, 0.25) is 5.02 Å². The molecule has 3 rings (SSSR count). The fourth-order valence-corrected chi connectivity index (χ4v) is 3.60. The minimum Gasteiger partial charge on any atom is -0.459 e. The number of amides is 1. The normalized spacial score (nSPS) is 15.4. The number of nitrogens with zero attached hydrogens (tertiary/aromatic N) is 2. The molecule has 6 nitrogen and oxygen atoms in total. The van der Waals surface area contributed by atoms with Crippen LogP contribution in [0.3, 0.4) is 0 Å². The molecule has 2 aromatic rings. The van der Waals surface area contributed by atoms with Crippen LogP contribution in [0.5, 0.6) is 0 Å². The highest BCUT2D eigenvalue weighted by Crippen LogP contribution is 2.24. The summed E-state index contributed by atoms with van der Waals surface area (Å²) in [5, 5.41) is 0.568. The van der Waals surface area contributed by atoms with E-state index in [0.29, 0.717) is 37.7 Å². The van der Waals surface area contributed by atoms with Crippen LogP contribution in [-0.2, 0) is 25.7 Å². The zero-order chi connectivity index (χ0) is 23.1. The van der Waals surface area contributed by atoms with Gasteiger partial charge in [0.15, 0.2) is 0 Å². The number of piperazine rings is 1. The Bertz CT molecular complexity index is 914. The number of carbonyl (C=O) groups is 2. The van der Waals surface area contributed by atoms with Gasteiger partial charge in [-0.1, -0.05) is 29.8 Å². The van der Waals surface area contributed by atoms with E-state index in [4.69, 9.17) is 21.1 Å². The molecule has 0 N–H and O–H groups in total. The third-order valence-corrected chi connectivity index (χ3v) is 5.52. The Morgan fingerprint density at radius 1 is 1.03 bits per heavy atom. The van der Waals surface area contributed by atoms with Crippen molar-refractivity contribution in [3.05, 3.63) is 70.2 Å². The second-order valence-corrected chi connectivity index (χ2v) is 7.80. The average molecular weight is 467 g/mol. The lowest BCUT2D eigenvalue weighted by Gasteiger charge is -2.36. The number of halogens is 3. The van der Waals surface area contributed by atoms with Gasteiger partial charge in [0, 0.05) is 43.3 Å². The first-order chi connectivity index (χ1) is 15.4. The summed E-state index contributed by atoms with van der Waals surface area (Å²) in [5.41, 5.74) is 0.687. The second-order valence-electron chi connectivity index (χ2n) is 7.36. The molecule has 0 radical (unpaired) electrons. The van der Waals surface area contributed by atoms with E-state index in [2.05, 4.69) is 4.90 Å². The number of hydrogen-bond donors (Lipinski definition) is 0. The van der Waals surface area contributed by atoms with Crippen molar-refractivity contribution in [2.24, 2.45) is 0 Å². The highest BCUT2D eigenvalue weighted by Gasteiger charge is 2.28. The summed E-state index contributed by atoms with van der Waals surface area (Å²) in [7, 11) is 0. The maximum Gasteiger partial charge on any atom is 0.397 e. The van der Waals surface area contributed by atoms with Gasteiger partial charge in [-0.15, -0.1) is 0 Å². The molecule has 172 valence electrons. The molecular formula is C23H25ClF2N2O4. The monoisotopic (exact) mass is 466 g/mol. The van der Waals surface area contributed by atoms with Gasteiger partial charge in [0.1, 0.15) is 11.6 Å². The summed E-state index contributed by atoms with van der Waals surface area (Å²) in [6.45, 7) is 3.78. The Balaban J connectivity index is 1.65. The van der Waals surface area contributed by atoms with Crippen LogP contribution in [0.4, 0.5) is 8.78 Å². The van der Waals surface area contributed by atoms with Crippen molar-refractivity contribution in [3.8, 4) is 0 Å². The van der Waals surface area contributed by atoms with E-state index in [1.807, 2.05) is 12.1 Å². The van der Waals surface area contributed by atoms with Crippen LogP contribution in [0.15, 0.2) is 42.5 Å². The lowest BCUT2D eigenvalue weighted by atomic mass is 10.1. The fourth-order valence-electron chi connectivity index (χ4n) is 3.48. The smallest absolute Gasteiger partial charge is 0.397 e.